The molecular formula is C19H20NNaO5S2. The van der Waals surface area contributed by atoms with Crippen molar-refractivity contribution in [3.8, 4) is 0 Å². The maximum atomic E-state index is 12.7. The van der Waals surface area contributed by atoms with Crippen LogP contribution in [-0.4, -0.2) is 29.7 Å². The molecule has 0 amide bonds. The van der Waals surface area contributed by atoms with Crippen LogP contribution < -0.4 is 34.7 Å². The molecule has 1 atom stereocenters. The minimum absolute atomic E-state index is 0. The first-order chi connectivity index (χ1) is 12.6. The Hall–Kier alpha value is -1.16. The summed E-state index contributed by atoms with van der Waals surface area (Å²) < 4.78 is 31.6. The molecule has 1 unspecified atom stereocenters. The number of hydrogen-bond acceptors (Lipinski definition) is 6. The monoisotopic (exact) mass is 429 g/mol. The fourth-order valence-corrected chi connectivity index (χ4v) is 3.59. The summed E-state index contributed by atoms with van der Waals surface area (Å²) >= 11 is 1.05. The summed E-state index contributed by atoms with van der Waals surface area (Å²) in [4.78, 5) is 15.0. The first-order valence-electron chi connectivity index (χ1n) is 8.17. The van der Waals surface area contributed by atoms with Gasteiger partial charge in [0.05, 0.1) is 10.6 Å². The van der Waals surface area contributed by atoms with Crippen molar-refractivity contribution in [1.29, 1.82) is 0 Å². The third-order valence-corrected chi connectivity index (χ3v) is 5.62. The summed E-state index contributed by atoms with van der Waals surface area (Å²) in [5.74, 6) is -0.698. The van der Waals surface area contributed by atoms with Crippen LogP contribution in [0.5, 0.6) is 0 Å². The Morgan fingerprint density at radius 2 is 1.86 bits per heavy atom. The first kappa shape index (κ1) is 24.9. The number of aliphatic imine (C=N–C) groups is 1. The number of aryl methyl sites for hydroxylation is 1. The summed E-state index contributed by atoms with van der Waals surface area (Å²) in [6.45, 7) is 3.40. The summed E-state index contributed by atoms with van der Waals surface area (Å²) in [5, 5.41) is 12.6. The maximum Gasteiger partial charge on any atom is 1.00 e. The van der Waals surface area contributed by atoms with Crippen molar-refractivity contribution >= 4 is 38.6 Å². The molecule has 0 heterocycles. The molecule has 2 aromatic rings. The van der Waals surface area contributed by atoms with Crippen LogP contribution in [-0.2, 0) is 21.3 Å². The van der Waals surface area contributed by atoms with Gasteiger partial charge in [0, 0.05) is 18.6 Å². The number of nitrogens with zero attached hydrogens (tertiary/aromatic N) is 1. The topological polar surface area (TPSA) is 107 Å². The minimum atomic E-state index is -4.38. The van der Waals surface area contributed by atoms with E-state index in [2.05, 4.69) is 4.99 Å². The fourth-order valence-electron chi connectivity index (χ4n) is 2.38. The van der Waals surface area contributed by atoms with E-state index in [1.807, 2.05) is 31.2 Å². The Bertz CT molecular complexity index is 943. The van der Waals surface area contributed by atoms with E-state index in [4.69, 9.17) is 4.55 Å². The predicted molar refractivity (Wildman–Crippen MR) is 105 cm³/mol. The van der Waals surface area contributed by atoms with Gasteiger partial charge in [-0.2, -0.15) is 8.42 Å². The number of carbonyl (C=O) groups excluding carboxylic acids is 1. The molecule has 0 bridgehead atoms. The molecule has 1 N–H and O–H groups in total. The third-order valence-electron chi connectivity index (χ3n) is 3.79. The van der Waals surface area contributed by atoms with Gasteiger partial charge in [-0.3, -0.25) is 14.3 Å². The molecule has 0 fully saturated rings. The molecule has 0 aliphatic carbocycles. The molecule has 28 heavy (non-hydrogen) atoms. The Labute approximate surface area is 191 Å². The van der Waals surface area contributed by atoms with Crippen LogP contribution in [0.4, 0.5) is 5.69 Å². The minimum Gasteiger partial charge on any atom is -0.861 e. The van der Waals surface area contributed by atoms with Crippen LogP contribution in [0.3, 0.4) is 0 Å². The average molecular weight is 429 g/mol. The summed E-state index contributed by atoms with van der Waals surface area (Å²) in [7, 11) is -4.38. The Morgan fingerprint density at radius 1 is 1.21 bits per heavy atom. The van der Waals surface area contributed by atoms with Crippen LogP contribution in [0.25, 0.3) is 0 Å². The molecule has 2 aromatic carbocycles. The van der Waals surface area contributed by atoms with E-state index in [0.717, 1.165) is 29.0 Å². The maximum absolute atomic E-state index is 12.7. The zero-order valence-corrected chi connectivity index (χ0v) is 19.6. The van der Waals surface area contributed by atoms with Gasteiger partial charge in [0.1, 0.15) is 0 Å². The summed E-state index contributed by atoms with van der Waals surface area (Å²) in [6, 6.07) is 13.0. The summed E-state index contributed by atoms with van der Waals surface area (Å²) in [5.41, 5.74) is 2.19. The second-order valence-corrected chi connectivity index (χ2v) is 8.73. The van der Waals surface area contributed by atoms with E-state index < -0.39 is 21.9 Å². The average Bonchev–Trinajstić information content (AvgIpc) is 2.59. The van der Waals surface area contributed by atoms with Gasteiger partial charge in [0.25, 0.3) is 10.1 Å². The van der Waals surface area contributed by atoms with Gasteiger partial charge in [-0.05, 0) is 43.0 Å². The van der Waals surface area contributed by atoms with Crippen molar-refractivity contribution in [2.24, 2.45) is 10.9 Å². The molecule has 0 aromatic heterocycles. The van der Waals surface area contributed by atoms with Crippen molar-refractivity contribution in [3.05, 3.63) is 59.7 Å². The molecule has 0 aliphatic heterocycles. The third kappa shape index (κ3) is 8.06. The van der Waals surface area contributed by atoms with Crippen molar-refractivity contribution in [3.63, 3.8) is 0 Å². The normalized spacial score (nSPS) is 12.9. The number of thioether (sulfide) groups is 1. The van der Waals surface area contributed by atoms with Crippen LogP contribution in [0.15, 0.2) is 58.4 Å². The molecule has 2 rings (SSSR count). The van der Waals surface area contributed by atoms with Gasteiger partial charge in [-0.15, -0.1) is 0 Å². The van der Waals surface area contributed by atoms with E-state index in [0.29, 0.717) is 6.42 Å². The van der Waals surface area contributed by atoms with Crippen LogP contribution >= 0.6 is 11.8 Å². The van der Waals surface area contributed by atoms with Gasteiger partial charge in [0.2, 0.25) is 0 Å². The largest absolute Gasteiger partial charge is 1.00 e. The quantitative estimate of drug-likeness (QED) is 0.282. The Kier molecular flexibility index (Phi) is 9.89. The second kappa shape index (κ2) is 11.1. The smallest absolute Gasteiger partial charge is 0.861 e. The molecule has 0 spiro atoms. The predicted octanol–water partition coefficient (Wildman–Crippen LogP) is -0.225. The van der Waals surface area contributed by atoms with Crippen molar-refractivity contribution in [2.45, 2.75) is 25.2 Å². The number of hydrogen-bond donors (Lipinski definition) is 1. The van der Waals surface area contributed by atoms with Crippen molar-refractivity contribution in [2.75, 3.05) is 5.75 Å². The summed E-state index contributed by atoms with van der Waals surface area (Å²) in [6.07, 6.45) is 0.418. The van der Waals surface area contributed by atoms with Crippen LogP contribution in [0.2, 0.25) is 0 Å². The van der Waals surface area contributed by atoms with Gasteiger partial charge < -0.3 is 5.11 Å². The van der Waals surface area contributed by atoms with Gasteiger partial charge in [0.15, 0.2) is 5.12 Å². The molecule has 6 nitrogen and oxygen atoms in total. The zero-order chi connectivity index (χ0) is 20.0. The zero-order valence-electron chi connectivity index (χ0n) is 16.0. The Balaban J connectivity index is 0.00000392. The van der Waals surface area contributed by atoms with Gasteiger partial charge in [-0.1, -0.05) is 47.7 Å². The SMILES string of the molecule is CC(=O)SCC(Cc1ccc(C)cc1)C([O-])=Nc1cccc(S(=O)(=O)O)c1.[Na+]. The molecule has 0 saturated carbocycles. The molecule has 0 aliphatic rings. The van der Waals surface area contributed by atoms with Crippen LogP contribution in [0, 0.1) is 12.8 Å². The fraction of sp³-hybridized carbons (Fsp3) is 0.263. The molecule has 144 valence electrons. The van der Waals surface area contributed by atoms with E-state index in [-0.39, 0.29) is 51.0 Å². The second-order valence-electron chi connectivity index (χ2n) is 6.11. The van der Waals surface area contributed by atoms with Gasteiger partial charge in [-0.25, -0.2) is 0 Å². The number of benzene rings is 2. The molecule has 9 heteroatoms. The first-order valence-corrected chi connectivity index (χ1v) is 10.6. The standard InChI is InChI=1S/C19H21NO5S2.Na/c1-13-6-8-15(9-7-13)10-16(12-26-14(2)21)19(22)20-17-4-3-5-18(11-17)27(23,24)25;/h3-9,11,16H,10,12H2,1-2H3,(H,20,22)(H,23,24,25);/q;+1/p-1. The van der Waals surface area contributed by atoms with Crippen molar-refractivity contribution in [1.82, 2.24) is 0 Å². The van der Waals surface area contributed by atoms with Crippen LogP contribution in [0.1, 0.15) is 18.1 Å². The van der Waals surface area contributed by atoms with E-state index in [1.54, 1.807) is 0 Å². The van der Waals surface area contributed by atoms with E-state index >= 15 is 0 Å². The molecule has 0 saturated heterocycles. The van der Waals surface area contributed by atoms with Crippen molar-refractivity contribution < 1.29 is 52.4 Å². The van der Waals surface area contributed by atoms with E-state index in [9.17, 15) is 18.3 Å². The van der Waals surface area contributed by atoms with Gasteiger partial charge >= 0.3 is 29.6 Å². The number of rotatable bonds is 7. The number of carbonyl (C=O) groups is 1. The molecular weight excluding hydrogens is 409 g/mol. The van der Waals surface area contributed by atoms with E-state index in [1.165, 1.54) is 25.1 Å². The Morgan fingerprint density at radius 3 is 2.43 bits per heavy atom. The molecule has 0 radical (unpaired) electrons.